The molecule has 1 amide bonds. The lowest BCUT2D eigenvalue weighted by atomic mass is 10.1. The number of hydrogen-bond acceptors (Lipinski definition) is 2. The number of hydrogen-bond donors (Lipinski definition) is 0. The molecule has 1 aromatic heterocycles. The minimum atomic E-state index is -0.160. The number of carbonyl (C=O) groups is 1. The molecule has 0 aromatic carbocycles. The summed E-state index contributed by atoms with van der Waals surface area (Å²) in [6.07, 6.45) is 3.62. The largest absolute Gasteiger partial charge is 0.339 e. The highest BCUT2D eigenvalue weighted by atomic mass is 16.2. The Morgan fingerprint density at radius 3 is 2.71 bits per heavy atom. The third-order valence-electron chi connectivity index (χ3n) is 3.04. The molecule has 94 valence electrons. The van der Waals surface area contributed by atoms with Crippen molar-refractivity contribution >= 4 is 5.91 Å². The fourth-order valence-corrected chi connectivity index (χ4v) is 1.70. The normalized spacial score (nSPS) is 12.2. The van der Waals surface area contributed by atoms with Gasteiger partial charge >= 0.3 is 0 Å². The molecule has 0 aliphatic heterocycles. The van der Waals surface area contributed by atoms with Crippen LogP contribution in [0.15, 0.2) is 23.1 Å². The molecule has 0 bridgehead atoms. The van der Waals surface area contributed by atoms with E-state index in [9.17, 15) is 9.59 Å². The van der Waals surface area contributed by atoms with Crippen LogP contribution in [0.25, 0.3) is 0 Å². The summed E-state index contributed by atoms with van der Waals surface area (Å²) in [5.74, 6) is -0.0938. The first-order valence-corrected chi connectivity index (χ1v) is 5.91. The number of aromatic nitrogens is 1. The predicted molar refractivity (Wildman–Crippen MR) is 68.1 cm³/mol. The number of aryl methyl sites for hydroxylation is 1. The van der Waals surface area contributed by atoms with Crippen LogP contribution in [-0.4, -0.2) is 28.5 Å². The van der Waals surface area contributed by atoms with Gasteiger partial charge in [-0.15, -0.1) is 0 Å². The van der Waals surface area contributed by atoms with Crippen molar-refractivity contribution in [3.8, 4) is 0 Å². The van der Waals surface area contributed by atoms with Crippen LogP contribution in [-0.2, 0) is 7.05 Å². The summed E-state index contributed by atoms with van der Waals surface area (Å²) in [7, 11) is 3.44. The molecule has 4 heteroatoms. The zero-order valence-corrected chi connectivity index (χ0v) is 10.9. The molecule has 0 N–H and O–H groups in total. The molecule has 0 saturated heterocycles. The Balaban J connectivity index is 2.89. The Bertz CT molecular complexity index is 451. The van der Waals surface area contributed by atoms with Gasteiger partial charge in [-0.2, -0.15) is 0 Å². The maximum atomic E-state index is 12.1. The zero-order valence-electron chi connectivity index (χ0n) is 10.9. The van der Waals surface area contributed by atoms with Crippen LogP contribution in [0.4, 0.5) is 0 Å². The van der Waals surface area contributed by atoms with Gasteiger partial charge in [-0.1, -0.05) is 13.3 Å². The highest BCUT2D eigenvalue weighted by molar-refractivity contribution is 5.94. The summed E-state index contributed by atoms with van der Waals surface area (Å²) in [5.41, 5.74) is 0.297. The van der Waals surface area contributed by atoms with Crippen molar-refractivity contribution in [3.63, 3.8) is 0 Å². The van der Waals surface area contributed by atoms with E-state index in [0.717, 1.165) is 12.8 Å². The van der Waals surface area contributed by atoms with Crippen LogP contribution < -0.4 is 5.56 Å². The maximum Gasteiger partial charge on any atom is 0.254 e. The summed E-state index contributed by atoms with van der Waals surface area (Å²) in [5, 5.41) is 0. The molecule has 17 heavy (non-hydrogen) atoms. The van der Waals surface area contributed by atoms with Crippen molar-refractivity contribution in [1.29, 1.82) is 0 Å². The monoisotopic (exact) mass is 236 g/mol. The maximum absolute atomic E-state index is 12.1. The van der Waals surface area contributed by atoms with Crippen molar-refractivity contribution in [2.24, 2.45) is 7.05 Å². The molecule has 0 saturated carbocycles. The highest BCUT2D eigenvalue weighted by Crippen LogP contribution is 2.08. The van der Waals surface area contributed by atoms with Gasteiger partial charge in [0.15, 0.2) is 0 Å². The molecule has 1 unspecified atom stereocenters. The predicted octanol–water partition coefficient (Wildman–Crippen LogP) is 1.65. The number of rotatable bonds is 4. The SMILES string of the molecule is CCCC(C)N(C)C(=O)c1ccn(C)c(=O)c1. The van der Waals surface area contributed by atoms with E-state index < -0.39 is 0 Å². The van der Waals surface area contributed by atoms with E-state index in [1.165, 1.54) is 10.6 Å². The first-order valence-electron chi connectivity index (χ1n) is 5.91. The fourth-order valence-electron chi connectivity index (χ4n) is 1.70. The lowest BCUT2D eigenvalue weighted by molar-refractivity contribution is 0.0736. The molecule has 1 atom stereocenters. The van der Waals surface area contributed by atoms with Gasteiger partial charge in [0.25, 0.3) is 11.5 Å². The minimum Gasteiger partial charge on any atom is -0.339 e. The molecular formula is C13H20N2O2. The van der Waals surface area contributed by atoms with Gasteiger partial charge in [-0.3, -0.25) is 9.59 Å². The molecule has 1 aromatic rings. The molecule has 0 radical (unpaired) electrons. The topological polar surface area (TPSA) is 42.3 Å². The van der Waals surface area contributed by atoms with E-state index in [0.29, 0.717) is 5.56 Å². The van der Waals surface area contributed by atoms with Crippen molar-refractivity contribution in [3.05, 3.63) is 34.2 Å². The highest BCUT2D eigenvalue weighted by Gasteiger charge is 2.17. The Labute approximate surface area is 102 Å². The second-order valence-electron chi connectivity index (χ2n) is 4.42. The molecule has 0 aliphatic carbocycles. The quantitative estimate of drug-likeness (QED) is 0.797. The third kappa shape index (κ3) is 3.19. The van der Waals surface area contributed by atoms with Crippen LogP contribution in [0.3, 0.4) is 0 Å². The van der Waals surface area contributed by atoms with Gasteiger partial charge in [-0.05, 0) is 19.4 Å². The van der Waals surface area contributed by atoms with E-state index in [-0.39, 0.29) is 17.5 Å². The Morgan fingerprint density at radius 1 is 1.53 bits per heavy atom. The standard InChI is InChI=1S/C13H20N2O2/c1-5-6-10(2)15(4)13(17)11-7-8-14(3)12(16)9-11/h7-10H,5-6H2,1-4H3. The zero-order chi connectivity index (χ0) is 13.0. The summed E-state index contributed by atoms with van der Waals surface area (Å²) in [6.45, 7) is 4.11. The van der Waals surface area contributed by atoms with Gasteiger partial charge < -0.3 is 9.47 Å². The second kappa shape index (κ2) is 5.66. The van der Waals surface area contributed by atoms with Crippen molar-refractivity contribution in [2.75, 3.05) is 7.05 Å². The van der Waals surface area contributed by atoms with Gasteiger partial charge in [0, 0.05) is 38.0 Å². The molecule has 1 heterocycles. The summed E-state index contributed by atoms with van der Waals surface area (Å²) in [4.78, 5) is 25.2. The van der Waals surface area contributed by atoms with Crippen molar-refractivity contribution < 1.29 is 4.79 Å². The molecule has 4 nitrogen and oxygen atoms in total. The van der Waals surface area contributed by atoms with E-state index >= 15 is 0 Å². The summed E-state index contributed by atoms with van der Waals surface area (Å²) in [6, 6.07) is 3.26. The minimum absolute atomic E-state index is 0.0938. The average Bonchev–Trinajstić information content (AvgIpc) is 2.31. The van der Waals surface area contributed by atoms with Crippen LogP contribution in [0, 0.1) is 0 Å². The number of carbonyl (C=O) groups excluding carboxylic acids is 1. The first kappa shape index (κ1) is 13.5. The molecule has 1 rings (SSSR count). The summed E-state index contributed by atoms with van der Waals surface area (Å²) >= 11 is 0. The average molecular weight is 236 g/mol. The Morgan fingerprint density at radius 2 is 2.18 bits per heavy atom. The summed E-state index contributed by atoms with van der Waals surface area (Å²) < 4.78 is 1.45. The van der Waals surface area contributed by atoms with Crippen LogP contribution in [0.5, 0.6) is 0 Å². The number of nitrogens with zero attached hydrogens (tertiary/aromatic N) is 2. The Hall–Kier alpha value is -1.58. The van der Waals surface area contributed by atoms with Crippen LogP contribution >= 0.6 is 0 Å². The first-order chi connectivity index (χ1) is 7.97. The molecule has 0 fully saturated rings. The molecule has 0 spiro atoms. The van der Waals surface area contributed by atoms with E-state index in [1.807, 2.05) is 6.92 Å². The van der Waals surface area contributed by atoms with Gasteiger partial charge in [0.2, 0.25) is 0 Å². The van der Waals surface area contributed by atoms with Crippen LogP contribution in [0.2, 0.25) is 0 Å². The number of amides is 1. The smallest absolute Gasteiger partial charge is 0.254 e. The lowest BCUT2D eigenvalue weighted by Gasteiger charge is -2.24. The lowest BCUT2D eigenvalue weighted by Crippen LogP contribution is -2.35. The number of pyridine rings is 1. The fraction of sp³-hybridized carbons (Fsp3) is 0.538. The van der Waals surface area contributed by atoms with Gasteiger partial charge in [0.1, 0.15) is 0 Å². The van der Waals surface area contributed by atoms with Gasteiger partial charge in [0.05, 0.1) is 0 Å². The molecule has 0 aliphatic rings. The molecular weight excluding hydrogens is 216 g/mol. The Kier molecular flexibility index (Phi) is 4.49. The van der Waals surface area contributed by atoms with E-state index in [2.05, 4.69) is 6.92 Å². The van der Waals surface area contributed by atoms with Gasteiger partial charge in [-0.25, -0.2) is 0 Å². The van der Waals surface area contributed by atoms with Crippen molar-refractivity contribution in [1.82, 2.24) is 9.47 Å². The van der Waals surface area contributed by atoms with E-state index in [4.69, 9.17) is 0 Å². The van der Waals surface area contributed by atoms with E-state index in [1.54, 1.807) is 31.3 Å². The second-order valence-corrected chi connectivity index (χ2v) is 4.42. The van der Waals surface area contributed by atoms with Crippen LogP contribution in [0.1, 0.15) is 37.0 Å². The third-order valence-corrected chi connectivity index (χ3v) is 3.04. The van der Waals surface area contributed by atoms with Crippen molar-refractivity contribution in [2.45, 2.75) is 32.7 Å².